The fourth-order valence-electron chi connectivity index (χ4n) is 5.48. The fraction of sp³-hybridized carbons (Fsp3) is 0.895. The van der Waals surface area contributed by atoms with Gasteiger partial charge in [0, 0.05) is 5.41 Å². The number of rotatable bonds is 4. The molecule has 2 bridgehead atoms. The van der Waals surface area contributed by atoms with Crippen molar-refractivity contribution < 1.29 is 14.9 Å². The van der Waals surface area contributed by atoms with Gasteiger partial charge in [-0.2, -0.15) is 0 Å². The summed E-state index contributed by atoms with van der Waals surface area (Å²) in [5.41, 5.74) is -0.434. The van der Waals surface area contributed by atoms with Crippen molar-refractivity contribution in [3.05, 3.63) is 11.6 Å². The van der Waals surface area contributed by atoms with Crippen LogP contribution in [0.3, 0.4) is 0 Å². The lowest BCUT2D eigenvalue weighted by Gasteiger charge is -2.55. The lowest BCUT2D eigenvalue weighted by Crippen LogP contribution is -2.57. The molecule has 4 atom stereocenters. The summed E-state index contributed by atoms with van der Waals surface area (Å²) in [5, 5.41) is 21.1. The van der Waals surface area contributed by atoms with Gasteiger partial charge in [0.25, 0.3) is 0 Å². The summed E-state index contributed by atoms with van der Waals surface area (Å²) in [6.45, 7) is 8.78. The summed E-state index contributed by atoms with van der Waals surface area (Å²) >= 11 is 0. The van der Waals surface area contributed by atoms with Crippen LogP contribution in [0.25, 0.3) is 0 Å². The van der Waals surface area contributed by atoms with Crippen molar-refractivity contribution in [2.24, 2.45) is 11.3 Å². The first kappa shape index (κ1) is 16.5. The SMILES string of the molecule is CCCC[C@]1(O)C=C(CO)C23CC(CC[C@]2(C)C1)C(C)(C)O3. The van der Waals surface area contributed by atoms with E-state index in [1.54, 1.807) is 0 Å². The number of unbranched alkanes of at least 4 members (excludes halogenated alkanes) is 1. The van der Waals surface area contributed by atoms with Gasteiger partial charge in [0.05, 0.1) is 23.4 Å². The van der Waals surface area contributed by atoms with Gasteiger partial charge in [-0.1, -0.05) is 26.7 Å². The zero-order valence-electron chi connectivity index (χ0n) is 14.6. The van der Waals surface area contributed by atoms with E-state index in [1.807, 2.05) is 6.08 Å². The second kappa shape index (κ2) is 5.06. The number of aliphatic hydroxyl groups is 2. The van der Waals surface area contributed by atoms with Crippen molar-refractivity contribution in [3.63, 3.8) is 0 Å². The van der Waals surface area contributed by atoms with Crippen LogP contribution < -0.4 is 0 Å². The first-order chi connectivity index (χ1) is 10.2. The third-order valence-electron chi connectivity index (χ3n) is 6.77. The normalized spacial score (nSPS) is 46.3. The van der Waals surface area contributed by atoms with E-state index in [1.165, 1.54) is 0 Å². The molecule has 0 radical (unpaired) electrons. The molecule has 1 spiro atoms. The Labute approximate surface area is 134 Å². The number of aliphatic hydroxyl groups excluding tert-OH is 1. The third kappa shape index (κ3) is 2.20. The minimum absolute atomic E-state index is 0.00712. The van der Waals surface area contributed by atoms with E-state index in [0.717, 1.165) is 50.5 Å². The molecule has 0 aromatic carbocycles. The molecule has 2 aliphatic carbocycles. The Morgan fingerprint density at radius 3 is 2.68 bits per heavy atom. The van der Waals surface area contributed by atoms with E-state index in [9.17, 15) is 10.2 Å². The molecule has 2 unspecified atom stereocenters. The second-order valence-electron chi connectivity index (χ2n) is 8.74. The van der Waals surface area contributed by atoms with Gasteiger partial charge in [0.2, 0.25) is 0 Å². The summed E-state index contributed by atoms with van der Waals surface area (Å²) in [7, 11) is 0. The molecular weight excluding hydrogens is 276 g/mol. The van der Waals surface area contributed by atoms with E-state index in [4.69, 9.17) is 4.74 Å². The van der Waals surface area contributed by atoms with Crippen molar-refractivity contribution in [1.82, 2.24) is 0 Å². The molecule has 0 aromatic rings. The van der Waals surface area contributed by atoms with Crippen LogP contribution in [-0.4, -0.2) is 33.6 Å². The summed E-state index contributed by atoms with van der Waals surface area (Å²) < 4.78 is 6.63. The highest BCUT2D eigenvalue weighted by Crippen LogP contribution is 2.65. The molecule has 2 fully saturated rings. The van der Waals surface area contributed by atoms with Gasteiger partial charge in [-0.15, -0.1) is 0 Å². The molecule has 1 saturated heterocycles. The van der Waals surface area contributed by atoms with Crippen LogP contribution >= 0.6 is 0 Å². The molecule has 1 heterocycles. The number of hydrogen-bond donors (Lipinski definition) is 2. The molecule has 2 N–H and O–H groups in total. The Kier molecular flexibility index (Phi) is 3.79. The topological polar surface area (TPSA) is 49.7 Å². The van der Waals surface area contributed by atoms with Crippen LogP contribution in [0.1, 0.15) is 72.6 Å². The first-order valence-corrected chi connectivity index (χ1v) is 8.96. The molecule has 3 rings (SSSR count). The third-order valence-corrected chi connectivity index (χ3v) is 6.77. The van der Waals surface area contributed by atoms with Gasteiger partial charge in [-0.25, -0.2) is 0 Å². The van der Waals surface area contributed by atoms with E-state index in [0.29, 0.717) is 5.92 Å². The van der Waals surface area contributed by atoms with E-state index >= 15 is 0 Å². The van der Waals surface area contributed by atoms with Gasteiger partial charge in [0.1, 0.15) is 0 Å². The zero-order valence-corrected chi connectivity index (χ0v) is 14.6. The lowest BCUT2D eigenvalue weighted by atomic mass is 9.52. The Bertz CT molecular complexity index is 483. The molecule has 126 valence electrons. The minimum Gasteiger partial charge on any atom is -0.392 e. The Morgan fingerprint density at radius 1 is 1.32 bits per heavy atom. The maximum atomic E-state index is 11.1. The molecule has 1 aliphatic heterocycles. The van der Waals surface area contributed by atoms with Crippen LogP contribution in [0, 0.1) is 11.3 Å². The summed E-state index contributed by atoms with van der Waals surface area (Å²) in [4.78, 5) is 0. The Balaban J connectivity index is 2.04. The van der Waals surface area contributed by atoms with Crippen LogP contribution in [0.4, 0.5) is 0 Å². The van der Waals surface area contributed by atoms with Gasteiger partial charge < -0.3 is 14.9 Å². The average molecular weight is 308 g/mol. The van der Waals surface area contributed by atoms with Crippen molar-refractivity contribution in [2.45, 2.75) is 89.4 Å². The maximum Gasteiger partial charge on any atom is 0.0980 e. The van der Waals surface area contributed by atoms with Crippen LogP contribution in [0.15, 0.2) is 11.6 Å². The maximum absolute atomic E-state index is 11.1. The number of hydrogen-bond acceptors (Lipinski definition) is 3. The standard InChI is InChI=1S/C19H32O3/c1-5-6-8-18(21)10-15(12-20)19-11-14(16(2,3)22-19)7-9-17(19,4)13-18/h10,14,20-21H,5-9,11-13H2,1-4H3/t14?,17-,18+,19?/m1/s1. The predicted molar refractivity (Wildman–Crippen MR) is 87.6 cm³/mol. The fourth-order valence-corrected chi connectivity index (χ4v) is 5.48. The van der Waals surface area contributed by atoms with Gasteiger partial charge in [-0.3, -0.25) is 0 Å². The predicted octanol–water partition coefficient (Wildman–Crippen LogP) is 3.58. The molecule has 0 amide bonds. The molecule has 1 saturated carbocycles. The van der Waals surface area contributed by atoms with E-state index < -0.39 is 5.60 Å². The van der Waals surface area contributed by atoms with Crippen LogP contribution in [0.2, 0.25) is 0 Å². The van der Waals surface area contributed by atoms with Gasteiger partial charge in [0.15, 0.2) is 0 Å². The average Bonchev–Trinajstić information content (AvgIpc) is 2.68. The van der Waals surface area contributed by atoms with Crippen molar-refractivity contribution in [3.8, 4) is 0 Å². The highest BCUT2D eigenvalue weighted by Gasteiger charge is 2.66. The Hall–Kier alpha value is -0.380. The summed E-state index contributed by atoms with van der Waals surface area (Å²) in [6.07, 6.45) is 8.82. The largest absolute Gasteiger partial charge is 0.392 e. The summed E-state index contributed by atoms with van der Waals surface area (Å²) in [6, 6.07) is 0. The zero-order chi connectivity index (χ0) is 16.2. The monoisotopic (exact) mass is 308 g/mol. The molecule has 0 aromatic heterocycles. The van der Waals surface area contributed by atoms with Crippen LogP contribution in [-0.2, 0) is 4.74 Å². The van der Waals surface area contributed by atoms with Gasteiger partial charge >= 0.3 is 0 Å². The molecule has 3 nitrogen and oxygen atoms in total. The molecule has 3 aliphatic rings. The smallest absolute Gasteiger partial charge is 0.0980 e. The van der Waals surface area contributed by atoms with E-state index in [-0.39, 0.29) is 23.2 Å². The molecule has 22 heavy (non-hydrogen) atoms. The highest BCUT2D eigenvalue weighted by atomic mass is 16.5. The van der Waals surface area contributed by atoms with Gasteiger partial charge in [-0.05, 0) is 63.5 Å². The summed E-state index contributed by atoms with van der Waals surface area (Å²) in [5.74, 6) is 0.553. The second-order valence-corrected chi connectivity index (χ2v) is 8.74. The molecular formula is C19H32O3. The molecule has 3 heteroatoms. The van der Waals surface area contributed by atoms with Crippen molar-refractivity contribution in [1.29, 1.82) is 0 Å². The van der Waals surface area contributed by atoms with Crippen LogP contribution in [0.5, 0.6) is 0 Å². The van der Waals surface area contributed by atoms with Crippen molar-refractivity contribution >= 4 is 0 Å². The Morgan fingerprint density at radius 2 is 2.05 bits per heavy atom. The minimum atomic E-state index is -0.781. The van der Waals surface area contributed by atoms with E-state index in [2.05, 4.69) is 27.7 Å². The first-order valence-electron chi connectivity index (χ1n) is 8.96. The quantitative estimate of drug-likeness (QED) is 0.780. The van der Waals surface area contributed by atoms with Crippen molar-refractivity contribution in [2.75, 3.05) is 6.61 Å². The number of ether oxygens (including phenoxy) is 1. The lowest BCUT2D eigenvalue weighted by molar-refractivity contribution is -0.157. The highest BCUT2D eigenvalue weighted by molar-refractivity contribution is 5.35. The number of fused-ring (bicyclic) bond motifs is 1.